The third-order valence-corrected chi connectivity index (χ3v) is 5.38. The molecule has 10 heteroatoms. The number of imide groups is 1. The van der Waals surface area contributed by atoms with E-state index in [1.807, 2.05) is 0 Å². The summed E-state index contributed by atoms with van der Waals surface area (Å²) in [7, 11) is 0. The molecular formula is C18H13Br2N5O3. The largest absolute Gasteiger partial charge is 0.324 e. The number of fused-ring (bicyclic) bond motifs is 1. The van der Waals surface area contributed by atoms with Crippen molar-refractivity contribution in [2.75, 3.05) is 16.8 Å². The van der Waals surface area contributed by atoms with Gasteiger partial charge in [-0.1, -0.05) is 43.1 Å². The zero-order chi connectivity index (χ0) is 19.8. The van der Waals surface area contributed by atoms with E-state index in [0.29, 0.717) is 11.4 Å². The zero-order valence-corrected chi connectivity index (χ0v) is 17.4. The van der Waals surface area contributed by atoms with Crippen molar-refractivity contribution in [2.45, 2.75) is 12.1 Å². The van der Waals surface area contributed by atoms with Crippen molar-refractivity contribution in [1.82, 2.24) is 5.01 Å². The number of anilines is 2. The quantitative estimate of drug-likeness (QED) is 0.644. The summed E-state index contributed by atoms with van der Waals surface area (Å²) in [4.78, 5) is 39.0. The summed E-state index contributed by atoms with van der Waals surface area (Å²) in [5.41, 5.74) is 1.07. The molecule has 2 heterocycles. The van der Waals surface area contributed by atoms with E-state index in [-0.39, 0.29) is 12.5 Å². The van der Waals surface area contributed by atoms with E-state index in [2.05, 4.69) is 47.5 Å². The smallest absolute Gasteiger partial charge is 0.263 e. The standard InChI is InChI=1S/C18H13Br2N5O3/c19-10-4-6-12(7-5-10)21-14(26)9-24-16-15(22-23-24)17(27)25(18(16)28)13-3-1-2-11(20)8-13/h1-8,15-16H,9H2,(H,21,26)/t15-,16-/m0/s1. The minimum Gasteiger partial charge on any atom is -0.324 e. The first-order chi connectivity index (χ1) is 13.4. The molecule has 1 fully saturated rings. The Bertz CT molecular complexity index is 995. The Labute approximate surface area is 176 Å². The van der Waals surface area contributed by atoms with Gasteiger partial charge in [0.1, 0.15) is 6.54 Å². The molecule has 2 aliphatic rings. The van der Waals surface area contributed by atoms with Crippen molar-refractivity contribution < 1.29 is 14.4 Å². The Hall–Kier alpha value is -2.59. The average molecular weight is 507 g/mol. The molecule has 1 N–H and O–H groups in total. The SMILES string of the molecule is O=C(CN1N=N[C@@H]2C(=O)N(c3cccc(Br)c3)C(=O)[C@H]21)Nc1ccc(Br)cc1. The van der Waals surface area contributed by atoms with Crippen molar-refractivity contribution in [1.29, 1.82) is 0 Å². The Kier molecular flexibility index (Phi) is 4.98. The van der Waals surface area contributed by atoms with Gasteiger partial charge in [0.25, 0.3) is 11.8 Å². The number of hydrogen-bond acceptors (Lipinski definition) is 6. The molecule has 2 aromatic rings. The van der Waals surface area contributed by atoms with E-state index < -0.39 is 23.9 Å². The second-order valence-corrected chi connectivity index (χ2v) is 8.07. The molecular weight excluding hydrogens is 494 g/mol. The molecule has 2 aliphatic heterocycles. The molecule has 8 nitrogen and oxygen atoms in total. The first-order valence-electron chi connectivity index (χ1n) is 8.30. The van der Waals surface area contributed by atoms with Crippen LogP contribution in [-0.4, -0.2) is 41.4 Å². The molecule has 1 saturated heterocycles. The second-order valence-electron chi connectivity index (χ2n) is 6.24. The van der Waals surface area contributed by atoms with Crippen LogP contribution in [0.4, 0.5) is 11.4 Å². The molecule has 3 amide bonds. The lowest BCUT2D eigenvalue weighted by molar-refractivity contribution is -0.123. The lowest BCUT2D eigenvalue weighted by Gasteiger charge is -2.20. The number of carbonyl (C=O) groups excluding carboxylic acids is 3. The molecule has 2 atom stereocenters. The molecule has 0 spiro atoms. The Morgan fingerprint density at radius 2 is 1.79 bits per heavy atom. The summed E-state index contributed by atoms with van der Waals surface area (Å²) < 4.78 is 1.64. The van der Waals surface area contributed by atoms with Crippen LogP contribution in [0.2, 0.25) is 0 Å². The van der Waals surface area contributed by atoms with Crippen LogP contribution >= 0.6 is 31.9 Å². The van der Waals surface area contributed by atoms with Crippen LogP contribution in [0.5, 0.6) is 0 Å². The third-order valence-electron chi connectivity index (χ3n) is 4.36. The summed E-state index contributed by atoms with van der Waals surface area (Å²) >= 11 is 6.66. The average Bonchev–Trinajstić information content (AvgIpc) is 3.17. The van der Waals surface area contributed by atoms with Gasteiger partial charge in [0.05, 0.1) is 5.69 Å². The van der Waals surface area contributed by atoms with E-state index in [4.69, 9.17) is 0 Å². The van der Waals surface area contributed by atoms with Gasteiger partial charge in [-0.05, 0) is 42.5 Å². The van der Waals surface area contributed by atoms with Gasteiger partial charge >= 0.3 is 0 Å². The topological polar surface area (TPSA) is 94.4 Å². The molecule has 0 bridgehead atoms. The number of rotatable bonds is 4. The van der Waals surface area contributed by atoms with Gasteiger partial charge in [0, 0.05) is 14.6 Å². The van der Waals surface area contributed by atoms with Crippen LogP contribution in [0.1, 0.15) is 0 Å². The maximum absolute atomic E-state index is 12.9. The van der Waals surface area contributed by atoms with Crippen LogP contribution in [0.3, 0.4) is 0 Å². The highest BCUT2D eigenvalue weighted by molar-refractivity contribution is 9.10. The molecule has 2 aromatic carbocycles. The molecule has 142 valence electrons. The number of nitrogens with one attached hydrogen (secondary N) is 1. The Morgan fingerprint density at radius 1 is 1.04 bits per heavy atom. The fourth-order valence-electron chi connectivity index (χ4n) is 3.10. The number of amides is 3. The third kappa shape index (κ3) is 3.45. The predicted molar refractivity (Wildman–Crippen MR) is 109 cm³/mol. The summed E-state index contributed by atoms with van der Waals surface area (Å²) in [6.45, 7) is -0.188. The molecule has 0 aliphatic carbocycles. The fraction of sp³-hybridized carbons (Fsp3) is 0.167. The predicted octanol–water partition coefficient (Wildman–Crippen LogP) is 3.14. The van der Waals surface area contributed by atoms with Gasteiger partial charge in [-0.2, -0.15) is 5.11 Å². The van der Waals surface area contributed by atoms with Gasteiger partial charge in [-0.15, -0.1) is 0 Å². The highest BCUT2D eigenvalue weighted by atomic mass is 79.9. The van der Waals surface area contributed by atoms with Crippen molar-refractivity contribution in [3.05, 3.63) is 57.5 Å². The molecule has 0 unspecified atom stereocenters. The van der Waals surface area contributed by atoms with Crippen LogP contribution < -0.4 is 10.2 Å². The zero-order valence-electron chi connectivity index (χ0n) is 14.3. The molecule has 0 aromatic heterocycles. The maximum Gasteiger partial charge on any atom is 0.263 e. The van der Waals surface area contributed by atoms with E-state index in [1.165, 1.54) is 5.01 Å². The van der Waals surface area contributed by atoms with E-state index in [9.17, 15) is 14.4 Å². The Balaban J connectivity index is 1.49. The van der Waals surface area contributed by atoms with Crippen molar-refractivity contribution in [2.24, 2.45) is 10.3 Å². The molecule has 4 rings (SSSR count). The first kappa shape index (κ1) is 18.8. The van der Waals surface area contributed by atoms with Crippen LogP contribution in [0, 0.1) is 0 Å². The van der Waals surface area contributed by atoms with Gasteiger partial charge in [-0.25, -0.2) is 4.90 Å². The fourth-order valence-corrected chi connectivity index (χ4v) is 3.76. The Morgan fingerprint density at radius 3 is 2.50 bits per heavy atom. The summed E-state index contributed by atoms with van der Waals surface area (Å²) in [6, 6.07) is 12.1. The number of nitrogens with zero attached hydrogens (tertiary/aromatic N) is 4. The van der Waals surface area contributed by atoms with Crippen molar-refractivity contribution >= 4 is 61.0 Å². The van der Waals surface area contributed by atoms with Gasteiger partial charge < -0.3 is 5.32 Å². The minimum absolute atomic E-state index is 0.188. The number of benzene rings is 2. The van der Waals surface area contributed by atoms with Gasteiger partial charge in [0.2, 0.25) is 5.91 Å². The molecule has 0 radical (unpaired) electrons. The lowest BCUT2D eigenvalue weighted by Crippen LogP contribution is -2.43. The van der Waals surface area contributed by atoms with E-state index in [1.54, 1.807) is 48.5 Å². The molecule has 28 heavy (non-hydrogen) atoms. The summed E-state index contributed by atoms with van der Waals surface area (Å²) in [6.07, 6.45) is 0. The van der Waals surface area contributed by atoms with Crippen LogP contribution in [0.15, 0.2) is 67.8 Å². The van der Waals surface area contributed by atoms with Crippen molar-refractivity contribution in [3.63, 3.8) is 0 Å². The monoisotopic (exact) mass is 505 g/mol. The number of hydrogen-bond donors (Lipinski definition) is 1. The first-order valence-corrected chi connectivity index (χ1v) is 9.89. The van der Waals surface area contributed by atoms with E-state index >= 15 is 0 Å². The summed E-state index contributed by atoms with van der Waals surface area (Å²) in [5, 5.41) is 11.8. The highest BCUT2D eigenvalue weighted by Gasteiger charge is 2.55. The summed E-state index contributed by atoms with van der Waals surface area (Å²) in [5.74, 6) is -1.26. The normalized spacial score (nSPS) is 20.6. The van der Waals surface area contributed by atoms with Gasteiger partial charge in [-0.3, -0.25) is 19.4 Å². The number of carbonyl (C=O) groups is 3. The lowest BCUT2D eigenvalue weighted by atomic mass is 10.1. The second kappa shape index (κ2) is 7.44. The van der Waals surface area contributed by atoms with Gasteiger partial charge in [0.15, 0.2) is 12.1 Å². The van der Waals surface area contributed by atoms with Crippen LogP contribution in [0.25, 0.3) is 0 Å². The highest BCUT2D eigenvalue weighted by Crippen LogP contribution is 2.32. The molecule has 0 saturated carbocycles. The van der Waals surface area contributed by atoms with Crippen molar-refractivity contribution in [3.8, 4) is 0 Å². The van der Waals surface area contributed by atoms with Crippen LogP contribution in [-0.2, 0) is 14.4 Å². The maximum atomic E-state index is 12.9. The number of halogens is 2. The minimum atomic E-state index is -0.938. The van der Waals surface area contributed by atoms with E-state index in [0.717, 1.165) is 13.8 Å².